The summed E-state index contributed by atoms with van der Waals surface area (Å²) in [4.78, 5) is 13.4. The molecule has 116 valence electrons. The van der Waals surface area contributed by atoms with E-state index in [-0.39, 0.29) is 0 Å². The fourth-order valence-corrected chi connectivity index (χ4v) is 3.28. The molecular weight excluding hydrogens is 284 g/mol. The molecule has 0 aliphatic rings. The summed E-state index contributed by atoms with van der Waals surface area (Å²) in [6.45, 7) is 8.00. The summed E-state index contributed by atoms with van der Waals surface area (Å²) in [5.41, 5.74) is 5.91. The normalized spacial score (nSPS) is 12.8. The maximum Gasteiger partial charge on any atom is 0.223 e. The lowest BCUT2D eigenvalue weighted by Gasteiger charge is -2.30. The standard InChI is InChI=1S/C15H24N4OS/c1-5-10(3)19(7-8-20-4)13-12-9-11(6-2)21-14(12)18-15(16)17-13/h9-10H,5-8H2,1-4H3,(H2,16,17,18). The van der Waals surface area contributed by atoms with Crippen LogP contribution >= 0.6 is 11.3 Å². The lowest BCUT2D eigenvalue weighted by Crippen LogP contribution is -2.36. The van der Waals surface area contributed by atoms with E-state index in [9.17, 15) is 0 Å². The highest BCUT2D eigenvalue weighted by Crippen LogP contribution is 2.33. The van der Waals surface area contributed by atoms with E-state index in [0.29, 0.717) is 18.6 Å². The van der Waals surface area contributed by atoms with E-state index in [1.54, 1.807) is 18.4 Å². The van der Waals surface area contributed by atoms with Gasteiger partial charge in [-0.15, -0.1) is 11.3 Å². The highest BCUT2D eigenvalue weighted by Gasteiger charge is 2.19. The molecule has 0 radical (unpaired) electrons. The quantitative estimate of drug-likeness (QED) is 0.851. The Morgan fingerprint density at radius 3 is 2.76 bits per heavy atom. The monoisotopic (exact) mass is 308 g/mol. The molecule has 0 saturated heterocycles. The number of hydrogen-bond acceptors (Lipinski definition) is 6. The fraction of sp³-hybridized carbons (Fsp3) is 0.600. The van der Waals surface area contributed by atoms with Gasteiger partial charge in [0, 0.05) is 24.6 Å². The predicted octanol–water partition coefficient (Wildman–Crippen LogP) is 3.09. The van der Waals surface area contributed by atoms with Crippen LogP contribution in [-0.2, 0) is 11.2 Å². The zero-order valence-electron chi connectivity index (χ0n) is 13.2. The number of methoxy groups -OCH3 is 1. The molecule has 0 spiro atoms. The first kappa shape index (κ1) is 16.0. The summed E-state index contributed by atoms with van der Waals surface area (Å²) < 4.78 is 5.24. The van der Waals surface area contributed by atoms with Gasteiger partial charge in [-0.2, -0.15) is 4.98 Å². The second kappa shape index (κ2) is 7.04. The molecular formula is C15H24N4OS. The number of ether oxygens (including phenoxy) is 1. The van der Waals surface area contributed by atoms with Crippen molar-refractivity contribution in [3.05, 3.63) is 10.9 Å². The Hall–Kier alpha value is -1.40. The number of aryl methyl sites for hydroxylation is 1. The molecule has 6 heteroatoms. The highest BCUT2D eigenvalue weighted by molar-refractivity contribution is 7.18. The maximum atomic E-state index is 5.91. The number of nitrogen functional groups attached to an aromatic ring is 1. The minimum Gasteiger partial charge on any atom is -0.383 e. The summed E-state index contributed by atoms with van der Waals surface area (Å²) in [5, 5.41) is 1.10. The molecule has 2 aromatic heterocycles. The van der Waals surface area contributed by atoms with Crippen molar-refractivity contribution >= 4 is 33.3 Å². The van der Waals surface area contributed by atoms with E-state index in [1.807, 2.05) is 0 Å². The van der Waals surface area contributed by atoms with Gasteiger partial charge in [0.2, 0.25) is 5.95 Å². The van der Waals surface area contributed by atoms with Crippen LogP contribution in [0.2, 0.25) is 0 Å². The number of rotatable bonds is 7. The molecule has 0 aliphatic carbocycles. The van der Waals surface area contributed by atoms with Crippen LogP contribution in [0.15, 0.2) is 6.07 Å². The van der Waals surface area contributed by atoms with E-state index in [2.05, 4.69) is 41.7 Å². The molecule has 1 unspecified atom stereocenters. The molecule has 0 fully saturated rings. The topological polar surface area (TPSA) is 64.3 Å². The van der Waals surface area contributed by atoms with Crippen molar-refractivity contribution in [3.63, 3.8) is 0 Å². The second-order valence-electron chi connectivity index (χ2n) is 5.13. The van der Waals surface area contributed by atoms with Crippen LogP contribution < -0.4 is 10.6 Å². The lowest BCUT2D eigenvalue weighted by atomic mass is 10.2. The van der Waals surface area contributed by atoms with Gasteiger partial charge >= 0.3 is 0 Å². The summed E-state index contributed by atoms with van der Waals surface area (Å²) in [6, 6.07) is 2.57. The van der Waals surface area contributed by atoms with Gasteiger partial charge in [0.25, 0.3) is 0 Å². The Labute approximate surface area is 130 Å². The van der Waals surface area contributed by atoms with E-state index in [1.165, 1.54) is 4.88 Å². The van der Waals surface area contributed by atoms with Crippen LogP contribution in [0, 0.1) is 0 Å². The van der Waals surface area contributed by atoms with Gasteiger partial charge in [-0.25, -0.2) is 4.98 Å². The number of nitrogens with zero attached hydrogens (tertiary/aromatic N) is 3. The number of anilines is 2. The average molecular weight is 308 g/mol. The summed E-state index contributed by atoms with van der Waals surface area (Å²) >= 11 is 1.70. The van der Waals surface area contributed by atoms with Crippen LogP contribution in [0.1, 0.15) is 32.1 Å². The first-order valence-electron chi connectivity index (χ1n) is 7.42. The molecule has 5 nitrogen and oxygen atoms in total. The molecule has 2 N–H and O–H groups in total. The van der Waals surface area contributed by atoms with Crippen molar-refractivity contribution in [1.29, 1.82) is 0 Å². The Morgan fingerprint density at radius 1 is 1.38 bits per heavy atom. The third-order valence-electron chi connectivity index (χ3n) is 3.72. The molecule has 0 amide bonds. The number of thiophene rings is 1. The van der Waals surface area contributed by atoms with Crippen LogP contribution in [0.4, 0.5) is 11.8 Å². The summed E-state index contributed by atoms with van der Waals surface area (Å²) in [6.07, 6.45) is 2.04. The zero-order valence-corrected chi connectivity index (χ0v) is 14.0. The first-order chi connectivity index (χ1) is 10.1. The molecule has 2 aromatic rings. The van der Waals surface area contributed by atoms with Gasteiger partial charge in [-0.3, -0.25) is 0 Å². The van der Waals surface area contributed by atoms with Crippen LogP contribution in [0.3, 0.4) is 0 Å². The third-order valence-corrected chi connectivity index (χ3v) is 4.89. The zero-order chi connectivity index (χ0) is 15.4. The molecule has 0 bridgehead atoms. The molecule has 2 heterocycles. The van der Waals surface area contributed by atoms with Crippen molar-refractivity contribution in [2.75, 3.05) is 30.9 Å². The maximum absolute atomic E-state index is 5.91. The largest absolute Gasteiger partial charge is 0.383 e. The van der Waals surface area contributed by atoms with Crippen molar-refractivity contribution in [2.24, 2.45) is 0 Å². The van der Waals surface area contributed by atoms with Gasteiger partial charge in [-0.05, 0) is 25.8 Å². The lowest BCUT2D eigenvalue weighted by molar-refractivity contribution is 0.203. The van der Waals surface area contributed by atoms with Crippen molar-refractivity contribution in [2.45, 2.75) is 39.7 Å². The number of aromatic nitrogens is 2. The van der Waals surface area contributed by atoms with Crippen LogP contribution in [-0.4, -0.2) is 36.3 Å². The van der Waals surface area contributed by atoms with E-state index < -0.39 is 0 Å². The Balaban J connectivity index is 2.51. The van der Waals surface area contributed by atoms with Gasteiger partial charge in [-0.1, -0.05) is 13.8 Å². The smallest absolute Gasteiger partial charge is 0.223 e. The fourth-order valence-electron chi connectivity index (χ4n) is 2.31. The van der Waals surface area contributed by atoms with Gasteiger partial charge < -0.3 is 15.4 Å². The van der Waals surface area contributed by atoms with E-state index in [0.717, 1.165) is 35.4 Å². The molecule has 1 atom stereocenters. The average Bonchev–Trinajstić information content (AvgIpc) is 2.89. The summed E-state index contributed by atoms with van der Waals surface area (Å²) in [7, 11) is 1.72. The predicted molar refractivity (Wildman–Crippen MR) is 90.2 cm³/mol. The van der Waals surface area contributed by atoms with Crippen LogP contribution in [0.5, 0.6) is 0 Å². The highest BCUT2D eigenvalue weighted by atomic mass is 32.1. The minimum atomic E-state index is 0.340. The van der Waals surface area contributed by atoms with Crippen molar-refractivity contribution in [3.8, 4) is 0 Å². The molecule has 0 saturated carbocycles. The van der Waals surface area contributed by atoms with Crippen LogP contribution in [0.25, 0.3) is 10.2 Å². The van der Waals surface area contributed by atoms with Gasteiger partial charge in [0.1, 0.15) is 10.6 Å². The SMILES string of the molecule is CCc1cc2c(N(CCOC)C(C)CC)nc(N)nc2s1. The van der Waals surface area contributed by atoms with Crippen molar-refractivity contribution < 1.29 is 4.74 Å². The first-order valence-corrected chi connectivity index (χ1v) is 8.23. The third kappa shape index (κ3) is 3.44. The van der Waals surface area contributed by atoms with Crippen molar-refractivity contribution in [1.82, 2.24) is 9.97 Å². The van der Waals surface area contributed by atoms with Gasteiger partial charge in [0.15, 0.2) is 0 Å². The molecule has 0 aliphatic heterocycles. The van der Waals surface area contributed by atoms with Gasteiger partial charge in [0.05, 0.1) is 12.0 Å². The molecule has 21 heavy (non-hydrogen) atoms. The Kier molecular flexibility index (Phi) is 5.36. The minimum absolute atomic E-state index is 0.340. The Bertz CT molecular complexity index is 599. The molecule has 2 rings (SSSR count). The number of nitrogens with two attached hydrogens (primary N) is 1. The van der Waals surface area contributed by atoms with E-state index in [4.69, 9.17) is 10.5 Å². The second-order valence-corrected chi connectivity index (χ2v) is 6.25. The van der Waals surface area contributed by atoms with E-state index >= 15 is 0 Å². The summed E-state index contributed by atoms with van der Waals surface area (Å²) in [5.74, 6) is 1.27. The Morgan fingerprint density at radius 2 is 2.14 bits per heavy atom. The number of hydrogen-bond donors (Lipinski definition) is 1. The number of fused-ring (bicyclic) bond motifs is 1. The molecule has 0 aromatic carbocycles.